The summed E-state index contributed by atoms with van der Waals surface area (Å²) in [4.78, 5) is 14.4. The lowest BCUT2D eigenvalue weighted by Gasteiger charge is -2.33. The Bertz CT molecular complexity index is 329. The summed E-state index contributed by atoms with van der Waals surface area (Å²) in [6.07, 6.45) is 8.21. The third-order valence-corrected chi connectivity index (χ3v) is 4.36. The second-order valence-electron chi connectivity index (χ2n) is 6.46. The lowest BCUT2D eigenvalue weighted by atomic mass is 9.96. The first-order chi connectivity index (χ1) is 9.63. The standard InChI is InChI=1S/C16H29N3O/c1-13(2)12-19-10-8-15(9-11-19)18-16(20)17-14-6-4-3-5-7-14/h14-15H,1,3-12H2,2H3,(H2,17,18,20). The molecule has 1 aliphatic carbocycles. The zero-order valence-electron chi connectivity index (χ0n) is 12.8. The van der Waals surface area contributed by atoms with Gasteiger partial charge in [-0.2, -0.15) is 0 Å². The Morgan fingerprint density at radius 1 is 1.05 bits per heavy atom. The fourth-order valence-corrected chi connectivity index (χ4v) is 3.28. The highest BCUT2D eigenvalue weighted by molar-refractivity contribution is 5.74. The monoisotopic (exact) mass is 279 g/mol. The topological polar surface area (TPSA) is 44.4 Å². The van der Waals surface area contributed by atoms with E-state index in [1.165, 1.54) is 24.8 Å². The molecule has 0 aromatic carbocycles. The Hall–Kier alpha value is -1.03. The molecule has 2 aliphatic rings. The minimum atomic E-state index is 0.0373. The molecule has 20 heavy (non-hydrogen) atoms. The molecule has 0 unspecified atom stereocenters. The normalized spacial score (nSPS) is 22.4. The predicted octanol–water partition coefficient (Wildman–Crippen LogP) is 2.66. The van der Waals surface area contributed by atoms with Gasteiger partial charge in [-0.05, 0) is 32.6 Å². The van der Waals surface area contributed by atoms with Crippen molar-refractivity contribution in [1.29, 1.82) is 0 Å². The number of carbonyl (C=O) groups excluding carboxylic acids is 1. The lowest BCUT2D eigenvalue weighted by Crippen LogP contribution is -2.50. The molecule has 0 atom stereocenters. The van der Waals surface area contributed by atoms with Gasteiger partial charge in [-0.3, -0.25) is 4.90 Å². The van der Waals surface area contributed by atoms with Crippen LogP contribution in [0.15, 0.2) is 12.2 Å². The Morgan fingerprint density at radius 3 is 2.15 bits per heavy atom. The van der Waals surface area contributed by atoms with E-state index in [0.29, 0.717) is 12.1 Å². The Balaban J connectivity index is 1.64. The van der Waals surface area contributed by atoms with Gasteiger partial charge < -0.3 is 10.6 Å². The molecule has 2 N–H and O–H groups in total. The summed E-state index contributed by atoms with van der Waals surface area (Å²) >= 11 is 0. The van der Waals surface area contributed by atoms with Crippen molar-refractivity contribution in [2.45, 2.75) is 64.0 Å². The van der Waals surface area contributed by atoms with Gasteiger partial charge in [0.25, 0.3) is 0 Å². The van der Waals surface area contributed by atoms with E-state index in [1.54, 1.807) is 0 Å². The van der Waals surface area contributed by atoms with Crippen molar-refractivity contribution in [2.75, 3.05) is 19.6 Å². The van der Waals surface area contributed by atoms with Crippen LogP contribution in [0.4, 0.5) is 4.79 Å². The van der Waals surface area contributed by atoms with Crippen LogP contribution in [-0.2, 0) is 0 Å². The molecule has 4 nitrogen and oxygen atoms in total. The second kappa shape index (κ2) is 7.67. The Labute approximate surface area is 123 Å². The van der Waals surface area contributed by atoms with Crippen LogP contribution in [0.25, 0.3) is 0 Å². The molecular weight excluding hydrogens is 250 g/mol. The number of nitrogens with zero attached hydrogens (tertiary/aromatic N) is 1. The zero-order valence-corrected chi connectivity index (χ0v) is 12.8. The molecule has 0 spiro atoms. The molecule has 0 aromatic heterocycles. The van der Waals surface area contributed by atoms with Gasteiger partial charge in [-0.25, -0.2) is 4.79 Å². The summed E-state index contributed by atoms with van der Waals surface area (Å²) in [6.45, 7) is 9.13. The molecule has 1 saturated heterocycles. The second-order valence-corrected chi connectivity index (χ2v) is 6.46. The number of hydrogen-bond acceptors (Lipinski definition) is 2. The maximum Gasteiger partial charge on any atom is 0.315 e. The third kappa shape index (κ3) is 5.16. The highest BCUT2D eigenvalue weighted by atomic mass is 16.2. The van der Waals surface area contributed by atoms with Crippen LogP contribution in [0.3, 0.4) is 0 Å². The van der Waals surface area contributed by atoms with Crippen LogP contribution in [0.5, 0.6) is 0 Å². The number of rotatable bonds is 4. The number of piperidine rings is 1. The van der Waals surface area contributed by atoms with Crippen molar-refractivity contribution in [1.82, 2.24) is 15.5 Å². The lowest BCUT2D eigenvalue weighted by molar-refractivity contribution is 0.198. The van der Waals surface area contributed by atoms with Crippen molar-refractivity contribution >= 4 is 6.03 Å². The summed E-state index contributed by atoms with van der Waals surface area (Å²) in [5.41, 5.74) is 1.21. The highest BCUT2D eigenvalue weighted by Gasteiger charge is 2.22. The molecular formula is C16H29N3O. The average molecular weight is 279 g/mol. The largest absolute Gasteiger partial charge is 0.335 e. The fraction of sp³-hybridized carbons (Fsp3) is 0.812. The molecule has 2 fully saturated rings. The Morgan fingerprint density at radius 2 is 1.60 bits per heavy atom. The van der Waals surface area contributed by atoms with Gasteiger partial charge in [-0.1, -0.05) is 31.4 Å². The third-order valence-electron chi connectivity index (χ3n) is 4.36. The number of carbonyl (C=O) groups is 1. The SMILES string of the molecule is C=C(C)CN1CCC(NC(=O)NC2CCCCC2)CC1. The quantitative estimate of drug-likeness (QED) is 0.777. The fourth-order valence-electron chi connectivity index (χ4n) is 3.28. The number of nitrogens with one attached hydrogen (secondary N) is 2. The number of amides is 2. The van der Waals surface area contributed by atoms with Crippen molar-refractivity contribution in [3.05, 3.63) is 12.2 Å². The number of hydrogen-bond donors (Lipinski definition) is 2. The minimum absolute atomic E-state index is 0.0373. The van der Waals surface area contributed by atoms with Gasteiger partial charge >= 0.3 is 6.03 Å². The summed E-state index contributed by atoms with van der Waals surface area (Å²) in [7, 11) is 0. The van der Waals surface area contributed by atoms with E-state index >= 15 is 0 Å². The summed E-state index contributed by atoms with van der Waals surface area (Å²) < 4.78 is 0. The van der Waals surface area contributed by atoms with E-state index in [9.17, 15) is 4.79 Å². The first-order valence-electron chi connectivity index (χ1n) is 8.07. The zero-order chi connectivity index (χ0) is 14.4. The molecule has 2 amide bonds. The van der Waals surface area contributed by atoms with Gasteiger partial charge in [0, 0.05) is 31.7 Å². The molecule has 0 radical (unpaired) electrons. The first kappa shape index (κ1) is 15.4. The van der Waals surface area contributed by atoms with Crippen LogP contribution in [0.2, 0.25) is 0 Å². The summed E-state index contributed by atoms with van der Waals surface area (Å²) in [5, 5.41) is 6.27. The van der Waals surface area contributed by atoms with Gasteiger partial charge in [0.15, 0.2) is 0 Å². The van der Waals surface area contributed by atoms with Crippen LogP contribution >= 0.6 is 0 Å². The van der Waals surface area contributed by atoms with E-state index in [1.807, 2.05) is 0 Å². The van der Waals surface area contributed by atoms with Crippen molar-refractivity contribution in [3.63, 3.8) is 0 Å². The van der Waals surface area contributed by atoms with Gasteiger partial charge in [0.2, 0.25) is 0 Å². The van der Waals surface area contributed by atoms with Crippen molar-refractivity contribution in [3.8, 4) is 0 Å². The molecule has 2 rings (SSSR count). The van der Waals surface area contributed by atoms with Crippen LogP contribution in [0.1, 0.15) is 51.9 Å². The number of likely N-dealkylation sites (tertiary alicyclic amines) is 1. The van der Waals surface area contributed by atoms with E-state index in [-0.39, 0.29) is 6.03 Å². The van der Waals surface area contributed by atoms with Crippen LogP contribution < -0.4 is 10.6 Å². The van der Waals surface area contributed by atoms with E-state index in [0.717, 1.165) is 45.3 Å². The van der Waals surface area contributed by atoms with Gasteiger partial charge in [-0.15, -0.1) is 0 Å². The predicted molar refractivity (Wildman–Crippen MR) is 82.8 cm³/mol. The van der Waals surface area contributed by atoms with E-state index in [2.05, 4.69) is 29.0 Å². The molecule has 1 aliphatic heterocycles. The highest BCUT2D eigenvalue weighted by Crippen LogP contribution is 2.17. The van der Waals surface area contributed by atoms with E-state index < -0.39 is 0 Å². The Kier molecular flexibility index (Phi) is 5.89. The first-order valence-corrected chi connectivity index (χ1v) is 8.07. The molecule has 0 aromatic rings. The summed E-state index contributed by atoms with van der Waals surface area (Å²) in [5.74, 6) is 0. The summed E-state index contributed by atoms with van der Waals surface area (Å²) in [6, 6.07) is 0.766. The molecule has 114 valence electrons. The maximum absolute atomic E-state index is 12.0. The minimum Gasteiger partial charge on any atom is -0.335 e. The van der Waals surface area contributed by atoms with Crippen LogP contribution in [0, 0.1) is 0 Å². The van der Waals surface area contributed by atoms with E-state index in [4.69, 9.17) is 0 Å². The molecule has 1 heterocycles. The smallest absolute Gasteiger partial charge is 0.315 e. The molecule has 1 saturated carbocycles. The van der Waals surface area contributed by atoms with Crippen LogP contribution in [-0.4, -0.2) is 42.6 Å². The molecule has 0 bridgehead atoms. The molecule has 4 heteroatoms. The average Bonchev–Trinajstić information content (AvgIpc) is 2.41. The van der Waals surface area contributed by atoms with Gasteiger partial charge in [0.05, 0.1) is 0 Å². The maximum atomic E-state index is 12.0. The number of urea groups is 1. The van der Waals surface area contributed by atoms with Crippen molar-refractivity contribution in [2.24, 2.45) is 0 Å². The van der Waals surface area contributed by atoms with Gasteiger partial charge in [0.1, 0.15) is 0 Å². The van der Waals surface area contributed by atoms with Crippen molar-refractivity contribution < 1.29 is 4.79 Å².